The summed E-state index contributed by atoms with van der Waals surface area (Å²) >= 11 is 1.83. The van der Waals surface area contributed by atoms with Crippen molar-refractivity contribution >= 4 is 41.3 Å². The van der Waals surface area contributed by atoms with E-state index in [4.69, 9.17) is 4.99 Å². The van der Waals surface area contributed by atoms with Crippen LogP contribution in [0, 0.1) is 5.92 Å². The van der Waals surface area contributed by atoms with E-state index >= 15 is 0 Å². The third kappa shape index (κ3) is 11.8. The van der Waals surface area contributed by atoms with Crippen molar-refractivity contribution in [3.05, 3.63) is 22.4 Å². The molecule has 0 spiro atoms. The van der Waals surface area contributed by atoms with Crippen LogP contribution >= 0.6 is 35.3 Å². The molecule has 1 heterocycles. The number of halogens is 1. The molecule has 0 aliphatic carbocycles. The van der Waals surface area contributed by atoms with Gasteiger partial charge in [0.1, 0.15) is 0 Å². The third-order valence-corrected chi connectivity index (χ3v) is 4.01. The van der Waals surface area contributed by atoms with Gasteiger partial charge in [0.15, 0.2) is 5.96 Å². The standard InChI is InChI=1S/C17H32N4S.HI/c1-6-18-16(19-9-10-21-17(3,4)5)20-13-14(2)12-15-8-7-11-22-15;/h7-8,11,14,21H,6,9-10,12-13H2,1-5H3,(H2,18,19,20);1H. The van der Waals surface area contributed by atoms with E-state index in [-0.39, 0.29) is 29.5 Å². The van der Waals surface area contributed by atoms with Gasteiger partial charge in [-0.15, -0.1) is 35.3 Å². The molecule has 1 rings (SSSR count). The highest BCUT2D eigenvalue weighted by Gasteiger charge is 2.08. The SMILES string of the molecule is CCNC(=NCC(C)Cc1cccs1)NCCNC(C)(C)C.I. The highest BCUT2D eigenvalue weighted by Crippen LogP contribution is 2.14. The second-order valence-electron chi connectivity index (χ2n) is 6.71. The number of thiophene rings is 1. The Kier molecular flexibility index (Phi) is 11.9. The lowest BCUT2D eigenvalue weighted by atomic mass is 10.1. The number of nitrogens with zero attached hydrogens (tertiary/aromatic N) is 1. The van der Waals surface area contributed by atoms with Crippen molar-refractivity contribution in [1.82, 2.24) is 16.0 Å². The molecule has 0 radical (unpaired) electrons. The van der Waals surface area contributed by atoms with E-state index in [1.807, 2.05) is 11.3 Å². The lowest BCUT2D eigenvalue weighted by Gasteiger charge is -2.21. The van der Waals surface area contributed by atoms with Crippen LogP contribution in [0.3, 0.4) is 0 Å². The molecule has 0 saturated heterocycles. The number of hydrogen-bond acceptors (Lipinski definition) is 3. The topological polar surface area (TPSA) is 48.5 Å². The summed E-state index contributed by atoms with van der Waals surface area (Å²) in [6, 6.07) is 4.32. The van der Waals surface area contributed by atoms with E-state index in [1.165, 1.54) is 4.88 Å². The Morgan fingerprint density at radius 2 is 2.00 bits per heavy atom. The number of guanidine groups is 1. The zero-order chi connectivity index (χ0) is 16.4. The van der Waals surface area contributed by atoms with E-state index in [0.29, 0.717) is 5.92 Å². The van der Waals surface area contributed by atoms with Crippen LogP contribution in [0.1, 0.15) is 39.5 Å². The first-order valence-corrected chi connectivity index (χ1v) is 9.08. The van der Waals surface area contributed by atoms with Crippen molar-refractivity contribution in [3.63, 3.8) is 0 Å². The van der Waals surface area contributed by atoms with Gasteiger partial charge in [-0.1, -0.05) is 13.0 Å². The maximum absolute atomic E-state index is 4.70. The molecule has 1 aromatic rings. The first kappa shape index (κ1) is 22.7. The van der Waals surface area contributed by atoms with Crippen LogP contribution in [-0.4, -0.2) is 37.7 Å². The third-order valence-electron chi connectivity index (χ3n) is 3.11. The minimum atomic E-state index is 0. The fourth-order valence-corrected chi connectivity index (χ4v) is 2.91. The molecule has 1 unspecified atom stereocenters. The van der Waals surface area contributed by atoms with E-state index in [2.05, 4.69) is 68.1 Å². The minimum Gasteiger partial charge on any atom is -0.357 e. The first-order chi connectivity index (χ1) is 10.4. The summed E-state index contributed by atoms with van der Waals surface area (Å²) in [6.07, 6.45) is 1.10. The van der Waals surface area contributed by atoms with E-state index in [1.54, 1.807) is 0 Å². The molecule has 0 aliphatic rings. The first-order valence-electron chi connectivity index (χ1n) is 8.20. The lowest BCUT2D eigenvalue weighted by Crippen LogP contribution is -2.44. The normalized spacial score (nSPS) is 13.3. The van der Waals surface area contributed by atoms with Crippen molar-refractivity contribution in [2.45, 2.75) is 46.6 Å². The van der Waals surface area contributed by atoms with Gasteiger partial charge in [0.2, 0.25) is 0 Å². The molecular formula is C17H33IN4S. The molecule has 3 N–H and O–H groups in total. The molecule has 0 amide bonds. The quantitative estimate of drug-likeness (QED) is 0.245. The van der Waals surface area contributed by atoms with Gasteiger partial charge in [-0.3, -0.25) is 4.99 Å². The van der Waals surface area contributed by atoms with Crippen LogP contribution < -0.4 is 16.0 Å². The highest BCUT2D eigenvalue weighted by molar-refractivity contribution is 14.0. The fraction of sp³-hybridized carbons (Fsp3) is 0.706. The van der Waals surface area contributed by atoms with Crippen LogP contribution in [0.15, 0.2) is 22.5 Å². The number of nitrogens with one attached hydrogen (secondary N) is 3. The summed E-state index contributed by atoms with van der Waals surface area (Å²) in [5.74, 6) is 1.47. The monoisotopic (exact) mass is 452 g/mol. The van der Waals surface area contributed by atoms with E-state index < -0.39 is 0 Å². The van der Waals surface area contributed by atoms with Crippen LogP contribution in [-0.2, 0) is 6.42 Å². The minimum absolute atomic E-state index is 0. The average Bonchev–Trinajstić information content (AvgIpc) is 2.92. The Morgan fingerprint density at radius 3 is 2.57 bits per heavy atom. The molecule has 0 fully saturated rings. The molecule has 0 bridgehead atoms. The van der Waals surface area contributed by atoms with Gasteiger partial charge in [-0.2, -0.15) is 0 Å². The van der Waals surface area contributed by atoms with Gasteiger partial charge in [0.25, 0.3) is 0 Å². The molecule has 4 nitrogen and oxygen atoms in total. The molecule has 0 aliphatic heterocycles. The summed E-state index contributed by atoms with van der Waals surface area (Å²) in [5.41, 5.74) is 0.159. The molecule has 0 aromatic carbocycles. The van der Waals surface area contributed by atoms with Crippen molar-refractivity contribution in [2.24, 2.45) is 10.9 Å². The van der Waals surface area contributed by atoms with E-state index in [0.717, 1.165) is 38.6 Å². The Bertz CT molecular complexity index is 426. The van der Waals surface area contributed by atoms with Crippen molar-refractivity contribution in [3.8, 4) is 0 Å². The molecule has 0 saturated carbocycles. The van der Waals surface area contributed by atoms with Crippen LogP contribution in [0.4, 0.5) is 0 Å². The Hall–Kier alpha value is -0.340. The Morgan fingerprint density at radius 1 is 1.26 bits per heavy atom. The molecule has 1 atom stereocenters. The van der Waals surface area contributed by atoms with Gasteiger partial charge in [-0.25, -0.2) is 0 Å². The summed E-state index contributed by atoms with van der Waals surface area (Å²) in [4.78, 5) is 6.14. The summed E-state index contributed by atoms with van der Waals surface area (Å²) in [6.45, 7) is 14.4. The molecule has 1 aromatic heterocycles. The maximum Gasteiger partial charge on any atom is 0.191 e. The fourth-order valence-electron chi connectivity index (χ4n) is 2.04. The smallest absolute Gasteiger partial charge is 0.191 e. The highest BCUT2D eigenvalue weighted by atomic mass is 127. The number of aliphatic imine (C=N–C) groups is 1. The zero-order valence-electron chi connectivity index (χ0n) is 15.1. The predicted molar refractivity (Wildman–Crippen MR) is 114 cm³/mol. The van der Waals surface area contributed by atoms with Crippen molar-refractivity contribution in [1.29, 1.82) is 0 Å². The van der Waals surface area contributed by atoms with Crippen LogP contribution in [0.2, 0.25) is 0 Å². The van der Waals surface area contributed by atoms with Gasteiger partial charge >= 0.3 is 0 Å². The summed E-state index contributed by atoms with van der Waals surface area (Å²) in [7, 11) is 0. The summed E-state index contributed by atoms with van der Waals surface area (Å²) < 4.78 is 0. The Balaban J connectivity index is 0.00000484. The molecular weight excluding hydrogens is 419 g/mol. The van der Waals surface area contributed by atoms with Gasteiger partial charge < -0.3 is 16.0 Å². The second kappa shape index (κ2) is 12.1. The predicted octanol–water partition coefficient (Wildman–Crippen LogP) is 3.49. The van der Waals surface area contributed by atoms with E-state index in [9.17, 15) is 0 Å². The van der Waals surface area contributed by atoms with Crippen molar-refractivity contribution < 1.29 is 0 Å². The van der Waals surface area contributed by atoms with Gasteiger partial charge in [0, 0.05) is 36.6 Å². The zero-order valence-corrected chi connectivity index (χ0v) is 18.3. The molecule has 134 valence electrons. The van der Waals surface area contributed by atoms with Gasteiger partial charge in [0.05, 0.1) is 0 Å². The van der Waals surface area contributed by atoms with Crippen LogP contribution in [0.5, 0.6) is 0 Å². The van der Waals surface area contributed by atoms with Crippen molar-refractivity contribution in [2.75, 3.05) is 26.2 Å². The van der Waals surface area contributed by atoms with Gasteiger partial charge in [-0.05, 0) is 51.5 Å². The Labute approximate surface area is 163 Å². The largest absolute Gasteiger partial charge is 0.357 e. The number of rotatable bonds is 8. The summed E-state index contributed by atoms with van der Waals surface area (Å²) in [5, 5.41) is 12.3. The maximum atomic E-state index is 4.70. The lowest BCUT2D eigenvalue weighted by molar-refractivity contribution is 0.428. The molecule has 23 heavy (non-hydrogen) atoms. The molecule has 6 heteroatoms. The number of hydrogen-bond donors (Lipinski definition) is 3. The van der Waals surface area contributed by atoms with Crippen LogP contribution in [0.25, 0.3) is 0 Å². The average molecular weight is 452 g/mol. The second-order valence-corrected chi connectivity index (χ2v) is 7.74.